The Balaban J connectivity index is 2.23. The molecule has 0 aromatic carbocycles. The maximum atomic E-state index is 12.7. The minimum absolute atomic E-state index is 0.221. The van der Waals surface area contributed by atoms with Crippen LogP contribution in [0.5, 0.6) is 0 Å². The molecule has 3 aromatic heterocycles. The van der Waals surface area contributed by atoms with Gasteiger partial charge in [0.1, 0.15) is 11.3 Å². The highest BCUT2D eigenvalue weighted by molar-refractivity contribution is 5.78. The van der Waals surface area contributed by atoms with Gasteiger partial charge in [0.05, 0.1) is 5.56 Å². The predicted octanol–water partition coefficient (Wildman–Crippen LogP) is 3.36. The first-order chi connectivity index (χ1) is 9.88. The van der Waals surface area contributed by atoms with Gasteiger partial charge in [-0.1, -0.05) is 0 Å². The van der Waals surface area contributed by atoms with Crippen LogP contribution in [0.4, 0.5) is 13.2 Å². The summed E-state index contributed by atoms with van der Waals surface area (Å²) in [6.07, 6.45) is -0.293. The molecule has 0 atom stereocenters. The Morgan fingerprint density at radius 1 is 1.19 bits per heavy atom. The Morgan fingerprint density at radius 3 is 2.62 bits per heavy atom. The molecule has 0 spiro atoms. The van der Waals surface area contributed by atoms with Crippen LogP contribution in [0.3, 0.4) is 0 Å². The van der Waals surface area contributed by atoms with Crippen LogP contribution in [0, 0.1) is 6.92 Å². The van der Waals surface area contributed by atoms with E-state index in [0.717, 1.165) is 23.4 Å². The molecule has 7 heteroatoms. The lowest BCUT2D eigenvalue weighted by molar-refractivity contribution is -0.137. The van der Waals surface area contributed by atoms with E-state index >= 15 is 0 Å². The lowest BCUT2D eigenvalue weighted by Crippen LogP contribution is -2.05. The van der Waals surface area contributed by atoms with Crippen LogP contribution in [-0.4, -0.2) is 19.5 Å². The molecule has 0 saturated carbocycles. The van der Waals surface area contributed by atoms with E-state index in [9.17, 15) is 13.2 Å². The van der Waals surface area contributed by atoms with Gasteiger partial charge >= 0.3 is 6.18 Å². The van der Waals surface area contributed by atoms with E-state index in [0.29, 0.717) is 11.5 Å². The highest BCUT2D eigenvalue weighted by Crippen LogP contribution is 2.31. The Morgan fingerprint density at radius 2 is 1.95 bits per heavy atom. The van der Waals surface area contributed by atoms with Gasteiger partial charge in [-0.15, -0.1) is 0 Å². The number of fused-ring (bicyclic) bond motifs is 1. The van der Waals surface area contributed by atoms with Crippen molar-refractivity contribution >= 4 is 11.2 Å². The molecule has 0 saturated heterocycles. The number of alkyl halides is 3. The van der Waals surface area contributed by atoms with E-state index in [-0.39, 0.29) is 5.52 Å². The normalized spacial score (nSPS) is 12.0. The first-order valence-corrected chi connectivity index (χ1v) is 6.18. The number of aromatic nitrogens is 4. The Bertz CT molecular complexity index is 821. The van der Waals surface area contributed by atoms with Crippen molar-refractivity contribution in [3.05, 3.63) is 41.9 Å². The van der Waals surface area contributed by atoms with Gasteiger partial charge in [-0.05, 0) is 24.6 Å². The monoisotopic (exact) mass is 292 g/mol. The molecule has 0 bridgehead atoms. The second-order valence-corrected chi connectivity index (χ2v) is 4.75. The lowest BCUT2D eigenvalue weighted by atomic mass is 10.1. The summed E-state index contributed by atoms with van der Waals surface area (Å²) < 4.78 is 39.9. The fourth-order valence-corrected chi connectivity index (χ4v) is 2.20. The van der Waals surface area contributed by atoms with E-state index in [2.05, 4.69) is 15.0 Å². The van der Waals surface area contributed by atoms with E-state index in [1.807, 2.05) is 6.92 Å². The summed E-state index contributed by atoms with van der Waals surface area (Å²) in [7, 11) is 1.73. The van der Waals surface area contributed by atoms with E-state index < -0.39 is 11.7 Å². The number of rotatable bonds is 1. The molecule has 0 amide bonds. The zero-order chi connectivity index (χ0) is 15.2. The van der Waals surface area contributed by atoms with Crippen molar-refractivity contribution in [2.45, 2.75) is 13.1 Å². The standard InChI is InChI=1S/C14H11F3N4/c1-8-6-18-4-3-10(8)12-20-11-5-9(14(15,16)17)7-19-13(11)21(12)2/h3-7H,1-2H3. The summed E-state index contributed by atoms with van der Waals surface area (Å²) >= 11 is 0. The third kappa shape index (κ3) is 2.24. The Hall–Kier alpha value is -2.44. The molecular formula is C14H11F3N4. The molecule has 4 nitrogen and oxygen atoms in total. The first kappa shape index (κ1) is 13.5. The molecule has 0 aliphatic heterocycles. The minimum Gasteiger partial charge on any atom is -0.312 e. The Kier molecular flexibility index (Phi) is 2.93. The molecule has 3 heterocycles. The zero-order valence-corrected chi connectivity index (χ0v) is 11.3. The van der Waals surface area contributed by atoms with E-state index in [1.54, 1.807) is 30.1 Å². The molecule has 0 aliphatic carbocycles. The molecule has 108 valence electrons. The summed E-state index contributed by atoms with van der Waals surface area (Å²) in [5.74, 6) is 0.566. The molecule has 0 unspecified atom stereocenters. The lowest BCUT2D eigenvalue weighted by Gasteiger charge is -2.05. The van der Waals surface area contributed by atoms with Crippen LogP contribution in [0.2, 0.25) is 0 Å². The topological polar surface area (TPSA) is 43.6 Å². The predicted molar refractivity (Wildman–Crippen MR) is 71.5 cm³/mol. The third-order valence-electron chi connectivity index (χ3n) is 3.30. The first-order valence-electron chi connectivity index (χ1n) is 6.18. The molecule has 0 aliphatic rings. The molecule has 3 rings (SSSR count). The largest absolute Gasteiger partial charge is 0.417 e. The van der Waals surface area contributed by atoms with Crippen LogP contribution in [0.1, 0.15) is 11.1 Å². The highest BCUT2D eigenvalue weighted by atomic mass is 19.4. The minimum atomic E-state index is -4.43. The number of hydrogen-bond acceptors (Lipinski definition) is 3. The second kappa shape index (κ2) is 4.54. The fraction of sp³-hybridized carbons (Fsp3) is 0.214. The molecule has 3 aromatic rings. The van der Waals surface area contributed by atoms with Gasteiger partial charge < -0.3 is 4.57 Å². The smallest absolute Gasteiger partial charge is 0.312 e. The quantitative estimate of drug-likeness (QED) is 0.690. The van der Waals surface area contributed by atoms with Gasteiger partial charge in [0.25, 0.3) is 0 Å². The molecule has 0 N–H and O–H groups in total. The summed E-state index contributed by atoms with van der Waals surface area (Å²) in [4.78, 5) is 12.2. The molecular weight excluding hydrogens is 281 g/mol. The number of nitrogens with zero attached hydrogens (tertiary/aromatic N) is 4. The Labute approximate surface area is 118 Å². The number of aryl methyl sites for hydroxylation is 2. The van der Waals surface area contributed by atoms with E-state index in [4.69, 9.17) is 0 Å². The number of pyridine rings is 2. The molecule has 0 radical (unpaired) electrons. The van der Waals surface area contributed by atoms with Gasteiger partial charge in [0, 0.05) is 31.2 Å². The van der Waals surface area contributed by atoms with E-state index in [1.165, 1.54) is 0 Å². The van der Waals surface area contributed by atoms with Crippen molar-refractivity contribution in [3.8, 4) is 11.4 Å². The summed E-state index contributed by atoms with van der Waals surface area (Å²) in [5, 5.41) is 0. The fourth-order valence-electron chi connectivity index (χ4n) is 2.20. The van der Waals surface area contributed by atoms with Crippen LogP contribution in [0.15, 0.2) is 30.7 Å². The summed E-state index contributed by atoms with van der Waals surface area (Å²) in [6.45, 7) is 1.87. The van der Waals surface area contributed by atoms with Crippen molar-refractivity contribution in [2.75, 3.05) is 0 Å². The highest BCUT2D eigenvalue weighted by Gasteiger charge is 2.31. The van der Waals surface area contributed by atoms with Crippen LogP contribution in [-0.2, 0) is 13.2 Å². The summed E-state index contributed by atoms with van der Waals surface area (Å²) in [6, 6.07) is 2.80. The van der Waals surface area contributed by atoms with Gasteiger partial charge in [-0.2, -0.15) is 13.2 Å². The van der Waals surface area contributed by atoms with Gasteiger partial charge in [0.15, 0.2) is 5.65 Å². The third-order valence-corrected chi connectivity index (χ3v) is 3.30. The van der Waals surface area contributed by atoms with Gasteiger partial charge in [-0.25, -0.2) is 9.97 Å². The van der Waals surface area contributed by atoms with Crippen molar-refractivity contribution in [1.29, 1.82) is 0 Å². The van der Waals surface area contributed by atoms with Crippen LogP contribution in [0.25, 0.3) is 22.6 Å². The maximum Gasteiger partial charge on any atom is 0.417 e. The van der Waals surface area contributed by atoms with Gasteiger partial charge in [0.2, 0.25) is 0 Å². The number of hydrogen-bond donors (Lipinski definition) is 0. The van der Waals surface area contributed by atoms with Crippen molar-refractivity contribution in [3.63, 3.8) is 0 Å². The van der Waals surface area contributed by atoms with Crippen molar-refractivity contribution in [2.24, 2.45) is 7.05 Å². The van der Waals surface area contributed by atoms with Crippen LogP contribution < -0.4 is 0 Å². The van der Waals surface area contributed by atoms with Gasteiger partial charge in [-0.3, -0.25) is 4.98 Å². The SMILES string of the molecule is Cc1cnccc1-c1nc2cc(C(F)(F)F)cnc2n1C. The number of imidazole rings is 1. The van der Waals surface area contributed by atoms with Crippen molar-refractivity contribution < 1.29 is 13.2 Å². The molecule has 0 fully saturated rings. The summed E-state index contributed by atoms with van der Waals surface area (Å²) in [5.41, 5.74) is 1.55. The molecule has 21 heavy (non-hydrogen) atoms. The van der Waals surface area contributed by atoms with Crippen LogP contribution >= 0.6 is 0 Å². The average molecular weight is 292 g/mol. The second-order valence-electron chi connectivity index (χ2n) is 4.75. The van der Waals surface area contributed by atoms with Crippen molar-refractivity contribution in [1.82, 2.24) is 19.5 Å². The average Bonchev–Trinajstić information content (AvgIpc) is 2.75. The maximum absolute atomic E-state index is 12.7. The number of halogens is 3. The zero-order valence-electron chi connectivity index (χ0n) is 11.3.